The van der Waals surface area contributed by atoms with Crippen LogP contribution in [0, 0.1) is 0 Å². The van der Waals surface area contributed by atoms with Gasteiger partial charge in [0.05, 0.1) is 12.2 Å². The zero-order chi connectivity index (χ0) is 15.2. The first-order valence-corrected chi connectivity index (χ1v) is 7.40. The van der Waals surface area contributed by atoms with Gasteiger partial charge >= 0.3 is 0 Å². The summed E-state index contributed by atoms with van der Waals surface area (Å²) in [6.45, 7) is 9.36. The van der Waals surface area contributed by atoms with Crippen LogP contribution in [0.5, 0.6) is 5.75 Å². The van der Waals surface area contributed by atoms with E-state index in [1.165, 1.54) is 5.56 Å². The number of benzene rings is 1. The first kappa shape index (κ1) is 17.0. The second-order valence-corrected chi connectivity index (χ2v) is 6.78. The average molecular weight is 279 g/mol. The maximum atomic E-state index is 9.78. The molecule has 1 aromatic rings. The van der Waals surface area contributed by atoms with Gasteiger partial charge in [0.25, 0.3) is 0 Å². The predicted octanol–water partition coefficient (Wildman–Crippen LogP) is 3.24. The van der Waals surface area contributed by atoms with Gasteiger partial charge in [-0.25, -0.2) is 0 Å². The molecule has 0 bridgehead atoms. The monoisotopic (exact) mass is 279 g/mol. The minimum atomic E-state index is -0.742. The number of hydrogen-bond donors (Lipinski definition) is 2. The lowest BCUT2D eigenvalue weighted by molar-refractivity contribution is 0.0562. The van der Waals surface area contributed by atoms with E-state index in [0.29, 0.717) is 13.2 Å². The van der Waals surface area contributed by atoms with Crippen LogP contribution in [0.25, 0.3) is 0 Å². The summed E-state index contributed by atoms with van der Waals surface area (Å²) in [4.78, 5) is 0. The molecule has 0 heterocycles. The largest absolute Gasteiger partial charge is 0.494 e. The van der Waals surface area contributed by atoms with Crippen molar-refractivity contribution in [1.29, 1.82) is 0 Å². The highest BCUT2D eigenvalue weighted by Crippen LogP contribution is 2.24. The van der Waals surface area contributed by atoms with Gasteiger partial charge < -0.3 is 15.6 Å². The number of aliphatic hydroxyl groups is 1. The Hall–Kier alpha value is -1.06. The molecule has 114 valence electrons. The van der Waals surface area contributed by atoms with Gasteiger partial charge in [-0.2, -0.15) is 0 Å². The highest BCUT2D eigenvalue weighted by atomic mass is 16.5. The van der Waals surface area contributed by atoms with Crippen molar-refractivity contribution < 1.29 is 9.84 Å². The molecule has 0 aliphatic rings. The van der Waals surface area contributed by atoms with Crippen LogP contribution in [0.2, 0.25) is 0 Å². The molecular weight excluding hydrogens is 250 g/mol. The number of unbranched alkanes of at least 4 members (excludes halogenated alkanes) is 1. The molecule has 0 amide bonds. The molecule has 0 radical (unpaired) electrons. The molecule has 1 atom stereocenters. The van der Waals surface area contributed by atoms with Crippen molar-refractivity contribution in [2.45, 2.75) is 58.0 Å². The maximum Gasteiger partial charge on any atom is 0.119 e. The van der Waals surface area contributed by atoms with Crippen LogP contribution >= 0.6 is 0 Å². The molecule has 1 unspecified atom stereocenters. The van der Waals surface area contributed by atoms with E-state index in [1.54, 1.807) is 6.92 Å². The third kappa shape index (κ3) is 5.93. The van der Waals surface area contributed by atoms with E-state index < -0.39 is 5.60 Å². The lowest BCUT2D eigenvalue weighted by atomic mass is 9.87. The predicted molar refractivity (Wildman–Crippen MR) is 84.2 cm³/mol. The average Bonchev–Trinajstić information content (AvgIpc) is 2.38. The maximum absolute atomic E-state index is 9.78. The topological polar surface area (TPSA) is 55.5 Å². The SMILES string of the molecule is CC(O)(CN)CCCCOc1ccc(C(C)(C)C)cc1. The van der Waals surface area contributed by atoms with E-state index in [-0.39, 0.29) is 5.41 Å². The summed E-state index contributed by atoms with van der Waals surface area (Å²) in [7, 11) is 0. The Morgan fingerprint density at radius 3 is 2.15 bits per heavy atom. The highest BCUT2D eigenvalue weighted by Gasteiger charge is 2.16. The molecular formula is C17H29NO2. The van der Waals surface area contributed by atoms with E-state index in [0.717, 1.165) is 25.0 Å². The lowest BCUT2D eigenvalue weighted by Gasteiger charge is -2.20. The Morgan fingerprint density at radius 1 is 1.05 bits per heavy atom. The van der Waals surface area contributed by atoms with E-state index in [4.69, 9.17) is 10.5 Å². The molecule has 0 fully saturated rings. The Kier molecular flexibility index (Phi) is 6.03. The number of nitrogens with two attached hydrogens (primary N) is 1. The van der Waals surface area contributed by atoms with Crippen LogP contribution in [0.1, 0.15) is 52.5 Å². The normalized spacial score (nSPS) is 14.9. The molecule has 0 spiro atoms. The van der Waals surface area contributed by atoms with Crippen molar-refractivity contribution >= 4 is 0 Å². The first-order valence-electron chi connectivity index (χ1n) is 7.40. The molecule has 0 saturated carbocycles. The molecule has 20 heavy (non-hydrogen) atoms. The smallest absolute Gasteiger partial charge is 0.119 e. The molecule has 0 saturated heterocycles. The summed E-state index contributed by atoms with van der Waals surface area (Å²) in [5.41, 5.74) is 6.22. The molecule has 3 N–H and O–H groups in total. The van der Waals surface area contributed by atoms with E-state index in [1.807, 2.05) is 12.1 Å². The third-order valence-electron chi connectivity index (χ3n) is 3.54. The summed E-state index contributed by atoms with van der Waals surface area (Å²) < 4.78 is 5.71. The fourth-order valence-corrected chi connectivity index (χ4v) is 1.95. The highest BCUT2D eigenvalue weighted by molar-refractivity contribution is 5.31. The summed E-state index contributed by atoms with van der Waals surface area (Å²) in [5, 5.41) is 9.78. The molecule has 0 aromatic heterocycles. The summed E-state index contributed by atoms with van der Waals surface area (Å²) in [6, 6.07) is 8.29. The van der Waals surface area contributed by atoms with Crippen LogP contribution in [0.3, 0.4) is 0 Å². The van der Waals surface area contributed by atoms with Gasteiger partial charge in [0.2, 0.25) is 0 Å². The first-order chi connectivity index (χ1) is 9.24. The fraction of sp³-hybridized carbons (Fsp3) is 0.647. The molecule has 3 heteroatoms. The second kappa shape index (κ2) is 7.09. The van der Waals surface area contributed by atoms with Crippen molar-refractivity contribution in [2.75, 3.05) is 13.2 Å². The Labute approximate surface area is 123 Å². The van der Waals surface area contributed by atoms with Gasteiger partial charge in [-0.15, -0.1) is 0 Å². The van der Waals surface area contributed by atoms with Crippen LogP contribution in [-0.4, -0.2) is 23.9 Å². The summed E-state index contributed by atoms with van der Waals surface area (Å²) in [6.07, 6.45) is 2.57. The van der Waals surface area contributed by atoms with Crippen LogP contribution in [0.15, 0.2) is 24.3 Å². The van der Waals surface area contributed by atoms with Gasteiger partial charge in [-0.1, -0.05) is 32.9 Å². The standard InChI is InChI=1S/C17H29NO2/c1-16(2,3)14-7-9-15(10-8-14)20-12-6-5-11-17(4,19)13-18/h7-10,19H,5-6,11-13,18H2,1-4H3. The molecule has 0 aliphatic carbocycles. The fourth-order valence-electron chi connectivity index (χ4n) is 1.95. The van der Waals surface area contributed by atoms with Crippen LogP contribution < -0.4 is 10.5 Å². The third-order valence-corrected chi connectivity index (χ3v) is 3.54. The molecule has 1 aromatic carbocycles. The number of rotatable bonds is 7. The van der Waals surface area contributed by atoms with E-state index in [2.05, 4.69) is 32.9 Å². The zero-order valence-electron chi connectivity index (χ0n) is 13.3. The Bertz CT molecular complexity index is 390. The van der Waals surface area contributed by atoms with Crippen molar-refractivity contribution in [1.82, 2.24) is 0 Å². The van der Waals surface area contributed by atoms with E-state index >= 15 is 0 Å². The van der Waals surface area contributed by atoms with Crippen LogP contribution in [0.4, 0.5) is 0 Å². The molecule has 3 nitrogen and oxygen atoms in total. The summed E-state index contributed by atoms with van der Waals surface area (Å²) in [5.74, 6) is 0.906. The minimum absolute atomic E-state index is 0.173. The Balaban J connectivity index is 2.29. The summed E-state index contributed by atoms with van der Waals surface area (Å²) >= 11 is 0. The number of hydrogen-bond acceptors (Lipinski definition) is 3. The minimum Gasteiger partial charge on any atom is -0.494 e. The quantitative estimate of drug-likeness (QED) is 0.753. The van der Waals surface area contributed by atoms with Gasteiger partial charge in [-0.05, 0) is 49.3 Å². The van der Waals surface area contributed by atoms with Gasteiger partial charge in [0.15, 0.2) is 0 Å². The molecule has 0 aliphatic heterocycles. The van der Waals surface area contributed by atoms with Crippen LogP contribution in [-0.2, 0) is 5.41 Å². The molecule has 1 rings (SSSR count). The second-order valence-electron chi connectivity index (χ2n) is 6.78. The van der Waals surface area contributed by atoms with E-state index in [9.17, 15) is 5.11 Å². The van der Waals surface area contributed by atoms with Crippen molar-refractivity contribution in [3.8, 4) is 5.75 Å². The van der Waals surface area contributed by atoms with Gasteiger partial charge in [0.1, 0.15) is 5.75 Å². The van der Waals surface area contributed by atoms with Crippen molar-refractivity contribution in [3.05, 3.63) is 29.8 Å². The van der Waals surface area contributed by atoms with Gasteiger partial charge in [0, 0.05) is 6.54 Å². The van der Waals surface area contributed by atoms with Crippen molar-refractivity contribution in [2.24, 2.45) is 5.73 Å². The Morgan fingerprint density at radius 2 is 1.65 bits per heavy atom. The zero-order valence-corrected chi connectivity index (χ0v) is 13.3. The lowest BCUT2D eigenvalue weighted by Crippen LogP contribution is -2.33. The number of ether oxygens (including phenoxy) is 1. The van der Waals surface area contributed by atoms with Gasteiger partial charge in [-0.3, -0.25) is 0 Å². The van der Waals surface area contributed by atoms with Crippen molar-refractivity contribution in [3.63, 3.8) is 0 Å².